The maximum atomic E-state index is 12.4. The minimum Gasteiger partial charge on any atom is -0.330 e. The zero-order valence-corrected chi connectivity index (χ0v) is 9.56. The summed E-state index contributed by atoms with van der Waals surface area (Å²) in [4.78, 5) is 2.07. The van der Waals surface area contributed by atoms with Gasteiger partial charge in [0.1, 0.15) is 0 Å². The monoisotopic (exact) mass is 236 g/mol. The highest BCUT2D eigenvalue weighted by atomic mass is 19.4. The lowest BCUT2D eigenvalue weighted by atomic mass is 10.0. The van der Waals surface area contributed by atoms with E-state index in [1.54, 1.807) is 0 Å². The van der Waals surface area contributed by atoms with Gasteiger partial charge >= 0.3 is 6.18 Å². The van der Waals surface area contributed by atoms with Gasteiger partial charge in [0.2, 0.25) is 0 Å². The minimum atomic E-state index is -4.15. The van der Waals surface area contributed by atoms with Crippen molar-refractivity contribution in [2.45, 2.75) is 38.4 Å². The molecule has 2 N–H and O–H groups in total. The normalized spacial score (nSPS) is 20.7. The molecule has 1 aliphatic heterocycles. The second-order valence-corrected chi connectivity index (χ2v) is 4.25. The van der Waals surface area contributed by atoms with Crippen LogP contribution in [0, 0.1) is 0 Å². The molecule has 0 bridgehead atoms. The van der Waals surface area contributed by atoms with Crippen molar-refractivity contribution >= 4 is 0 Å². The Morgan fingerprint density at radius 2 is 2.19 bits per heavy atom. The van der Waals surface area contributed by atoms with Gasteiger partial charge < -0.3 is 5.73 Å². The average molecular weight is 236 g/mol. The van der Waals surface area contributed by atoms with Gasteiger partial charge in [0, 0.05) is 24.7 Å². The quantitative estimate of drug-likeness (QED) is 0.759. The van der Waals surface area contributed by atoms with Gasteiger partial charge in [-0.1, -0.05) is 6.08 Å². The molecule has 0 aromatic heterocycles. The Morgan fingerprint density at radius 3 is 2.62 bits per heavy atom. The van der Waals surface area contributed by atoms with E-state index in [1.165, 1.54) is 6.08 Å². The molecule has 1 heterocycles. The van der Waals surface area contributed by atoms with Crippen molar-refractivity contribution < 1.29 is 13.2 Å². The average Bonchev–Trinajstić information content (AvgIpc) is 2.25. The summed E-state index contributed by atoms with van der Waals surface area (Å²) in [5, 5.41) is 0. The zero-order chi connectivity index (χ0) is 12.2. The molecule has 5 heteroatoms. The summed E-state index contributed by atoms with van der Waals surface area (Å²) in [6.07, 6.45) is -0.856. The lowest BCUT2D eigenvalue weighted by molar-refractivity contribution is -0.0963. The first-order chi connectivity index (χ1) is 7.45. The van der Waals surface area contributed by atoms with Crippen LogP contribution >= 0.6 is 0 Å². The third kappa shape index (κ3) is 3.79. The summed E-state index contributed by atoms with van der Waals surface area (Å²) >= 11 is 0. The number of hydrogen-bond donors (Lipinski definition) is 1. The topological polar surface area (TPSA) is 29.3 Å². The van der Waals surface area contributed by atoms with Crippen LogP contribution in [0.3, 0.4) is 0 Å². The van der Waals surface area contributed by atoms with Crippen molar-refractivity contribution in [2.75, 3.05) is 19.6 Å². The van der Waals surface area contributed by atoms with Crippen LogP contribution in [0.15, 0.2) is 11.6 Å². The van der Waals surface area contributed by atoms with Crippen molar-refractivity contribution in [2.24, 2.45) is 5.73 Å². The molecule has 0 aromatic carbocycles. The summed E-state index contributed by atoms with van der Waals surface area (Å²) in [5.74, 6) is 0. The fourth-order valence-corrected chi connectivity index (χ4v) is 1.94. The lowest BCUT2D eigenvalue weighted by Gasteiger charge is -2.32. The first kappa shape index (κ1) is 13.5. The molecule has 1 aliphatic rings. The van der Waals surface area contributed by atoms with E-state index in [0.717, 1.165) is 12.8 Å². The van der Waals surface area contributed by atoms with Crippen molar-refractivity contribution in [3.63, 3.8) is 0 Å². The molecular weight excluding hydrogens is 217 g/mol. The molecule has 94 valence electrons. The zero-order valence-electron chi connectivity index (χ0n) is 9.56. The fraction of sp³-hybridized carbons (Fsp3) is 0.818. The molecule has 1 atom stereocenters. The Balaban J connectivity index is 2.44. The Kier molecular flexibility index (Phi) is 4.80. The van der Waals surface area contributed by atoms with Gasteiger partial charge in [-0.25, -0.2) is 0 Å². The summed E-state index contributed by atoms with van der Waals surface area (Å²) in [7, 11) is 0. The number of rotatable bonds is 4. The predicted octanol–water partition coefficient (Wildman–Crippen LogP) is 2.31. The SMILES string of the molecule is CC(CCCN)N1CC=C(C(F)(F)F)CC1. The van der Waals surface area contributed by atoms with Gasteiger partial charge in [-0.05, 0) is 32.7 Å². The lowest BCUT2D eigenvalue weighted by Crippen LogP contribution is -2.38. The second-order valence-electron chi connectivity index (χ2n) is 4.25. The van der Waals surface area contributed by atoms with E-state index in [9.17, 15) is 13.2 Å². The largest absolute Gasteiger partial charge is 0.412 e. The van der Waals surface area contributed by atoms with Crippen LogP contribution in [-0.2, 0) is 0 Å². The number of hydrogen-bond acceptors (Lipinski definition) is 2. The highest BCUT2D eigenvalue weighted by Crippen LogP contribution is 2.30. The molecule has 0 saturated carbocycles. The molecule has 0 amide bonds. The van der Waals surface area contributed by atoms with Gasteiger partial charge in [0.05, 0.1) is 0 Å². The van der Waals surface area contributed by atoms with Crippen LogP contribution in [0.4, 0.5) is 13.2 Å². The highest BCUT2D eigenvalue weighted by Gasteiger charge is 2.35. The Bertz CT molecular complexity index is 248. The molecule has 1 rings (SSSR count). The van der Waals surface area contributed by atoms with Crippen molar-refractivity contribution in [3.8, 4) is 0 Å². The third-order valence-corrected chi connectivity index (χ3v) is 3.05. The molecule has 0 aromatic rings. The third-order valence-electron chi connectivity index (χ3n) is 3.05. The molecule has 0 saturated heterocycles. The summed E-state index contributed by atoms with van der Waals surface area (Å²) in [5.41, 5.74) is 5.03. The van der Waals surface area contributed by atoms with Gasteiger partial charge in [-0.2, -0.15) is 13.2 Å². The fourth-order valence-electron chi connectivity index (χ4n) is 1.94. The van der Waals surface area contributed by atoms with Gasteiger partial charge in [0.15, 0.2) is 0 Å². The van der Waals surface area contributed by atoms with Crippen LogP contribution in [0.1, 0.15) is 26.2 Å². The number of alkyl halides is 3. The molecule has 0 radical (unpaired) electrons. The van der Waals surface area contributed by atoms with E-state index < -0.39 is 6.18 Å². The van der Waals surface area contributed by atoms with Crippen molar-refractivity contribution in [1.82, 2.24) is 4.90 Å². The van der Waals surface area contributed by atoms with E-state index >= 15 is 0 Å². The molecule has 0 spiro atoms. The molecule has 1 unspecified atom stereocenters. The van der Waals surface area contributed by atoms with Crippen LogP contribution in [0.2, 0.25) is 0 Å². The Hall–Kier alpha value is -0.550. The van der Waals surface area contributed by atoms with E-state index in [0.29, 0.717) is 25.7 Å². The van der Waals surface area contributed by atoms with Gasteiger partial charge in [-0.15, -0.1) is 0 Å². The molecule has 2 nitrogen and oxygen atoms in total. The van der Waals surface area contributed by atoms with Crippen LogP contribution in [0.5, 0.6) is 0 Å². The minimum absolute atomic E-state index is 0.108. The number of nitrogens with zero attached hydrogens (tertiary/aromatic N) is 1. The first-order valence-electron chi connectivity index (χ1n) is 5.65. The number of halogens is 3. The van der Waals surface area contributed by atoms with E-state index in [-0.39, 0.29) is 12.0 Å². The highest BCUT2D eigenvalue weighted by molar-refractivity contribution is 5.13. The first-order valence-corrected chi connectivity index (χ1v) is 5.65. The Labute approximate surface area is 94.3 Å². The Morgan fingerprint density at radius 1 is 1.50 bits per heavy atom. The molecule has 0 fully saturated rings. The summed E-state index contributed by atoms with van der Waals surface area (Å²) < 4.78 is 37.1. The van der Waals surface area contributed by atoms with Crippen molar-refractivity contribution in [3.05, 3.63) is 11.6 Å². The van der Waals surface area contributed by atoms with Gasteiger partial charge in [-0.3, -0.25) is 4.90 Å². The predicted molar refractivity (Wildman–Crippen MR) is 58.1 cm³/mol. The van der Waals surface area contributed by atoms with Gasteiger partial charge in [0.25, 0.3) is 0 Å². The smallest absolute Gasteiger partial charge is 0.330 e. The maximum absolute atomic E-state index is 12.4. The van der Waals surface area contributed by atoms with Crippen molar-refractivity contribution in [1.29, 1.82) is 0 Å². The maximum Gasteiger partial charge on any atom is 0.412 e. The standard InChI is InChI=1S/C11H19F3N2/c1-9(3-2-6-15)16-7-4-10(5-8-16)11(12,13)14/h4,9H,2-3,5-8,15H2,1H3. The van der Waals surface area contributed by atoms with Crippen LogP contribution in [0.25, 0.3) is 0 Å². The number of nitrogens with two attached hydrogens (primary N) is 1. The summed E-state index contributed by atoms with van der Waals surface area (Å²) in [6.45, 7) is 3.58. The molecule has 16 heavy (non-hydrogen) atoms. The van der Waals surface area contributed by atoms with Crippen LogP contribution in [-0.4, -0.2) is 36.8 Å². The molecular formula is C11H19F3N2. The van der Waals surface area contributed by atoms with E-state index in [4.69, 9.17) is 5.73 Å². The molecule has 0 aliphatic carbocycles. The van der Waals surface area contributed by atoms with E-state index in [1.807, 2.05) is 6.92 Å². The second kappa shape index (κ2) is 5.68. The van der Waals surface area contributed by atoms with Crippen LogP contribution < -0.4 is 5.73 Å². The summed E-state index contributed by atoms with van der Waals surface area (Å²) in [6, 6.07) is 0.314. The van der Waals surface area contributed by atoms with E-state index in [2.05, 4.69) is 4.90 Å².